The third kappa shape index (κ3) is 3.89. The smallest absolute Gasteiger partial charge is 0.308 e. The van der Waals surface area contributed by atoms with Gasteiger partial charge in [0.25, 0.3) is 5.91 Å². The van der Waals surface area contributed by atoms with Crippen LogP contribution in [-0.4, -0.2) is 40.0 Å². The second kappa shape index (κ2) is 9.00. The fourth-order valence-corrected chi connectivity index (χ4v) is 6.08. The zero-order valence-electron chi connectivity index (χ0n) is 20.0. The Kier molecular flexibility index (Phi) is 5.77. The number of ether oxygens (including phenoxy) is 2. The van der Waals surface area contributed by atoms with E-state index in [4.69, 9.17) is 21.7 Å². The van der Waals surface area contributed by atoms with Crippen LogP contribution in [0.15, 0.2) is 71.2 Å². The van der Waals surface area contributed by atoms with Gasteiger partial charge in [-0.15, -0.1) is 0 Å². The van der Waals surface area contributed by atoms with Crippen molar-refractivity contribution in [3.05, 3.63) is 88.0 Å². The average Bonchev–Trinajstić information content (AvgIpc) is 3.37. The van der Waals surface area contributed by atoms with Crippen molar-refractivity contribution >= 4 is 61.7 Å². The lowest BCUT2D eigenvalue weighted by molar-refractivity contribution is -0.131. The van der Waals surface area contributed by atoms with Gasteiger partial charge in [0.05, 0.1) is 18.8 Å². The molecule has 4 aromatic rings. The van der Waals surface area contributed by atoms with Crippen LogP contribution in [-0.2, 0) is 16.0 Å². The number of aromatic amines is 1. The van der Waals surface area contributed by atoms with Crippen LogP contribution in [0, 0.1) is 0 Å². The molecule has 1 aromatic heterocycles. The molecule has 0 radical (unpaired) electrons. The van der Waals surface area contributed by atoms with Gasteiger partial charge in [-0.2, -0.15) is 0 Å². The van der Waals surface area contributed by atoms with Gasteiger partial charge in [-0.1, -0.05) is 28.1 Å². The lowest BCUT2D eigenvalue weighted by Crippen LogP contribution is -2.44. The average molecular weight is 576 g/mol. The van der Waals surface area contributed by atoms with E-state index in [0.717, 1.165) is 37.9 Å². The van der Waals surface area contributed by atoms with Gasteiger partial charge in [0.1, 0.15) is 17.5 Å². The number of H-pyrrole nitrogens is 1. The number of fused-ring (bicyclic) bond motifs is 4. The van der Waals surface area contributed by atoms with Crippen molar-refractivity contribution in [2.24, 2.45) is 0 Å². The molecular weight excluding hydrogens is 554 g/mol. The number of amides is 1. The summed E-state index contributed by atoms with van der Waals surface area (Å²) in [5.41, 5.74) is 4.78. The van der Waals surface area contributed by atoms with E-state index in [1.54, 1.807) is 36.3 Å². The largest absolute Gasteiger partial charge is 0.497 e. The first-order valence-electron chi connectivity index (χ1n) is 11.7. The number of methoxy groups -OCH3 is 1. The molecular formula is C28H22BrN3O4S. The number of halogens is 1. The minimum Gasteiger partial charge on any atom is -0.497 e. The second-order valence-electron chi connectivity index (χ2n) is 9.05. The van der Waals surface area contributed by atoms with Gasteiger partial charge in [0.2, 0.25) is 0 Å². The standard InChI is InChI=1S/C28H22BrN3O4S/c1-15(33)36-20-10-6-18(7-11-20)31-27(34)24-14-22-21-13-17(29)5-12-23(21)30-25(22)26(32(24)28(31)37)16-3-8-19(35-2)9-4-16/h3-13,24,26,30H,14H2,1-2H3. The first-order valence-corrected chi connectivity index (χ1v) is 12.9. The van der Waals surface area contributed by atoms with Crippen LogP contribution in [0.1, 0.15) is 29.8 Å². The number of carbonyl (C=O) groups is 2. The molecule has 37 heavy (non-hydrogen) atoms. The van der Waals surface area contributed by atoms with Crippen LogP contribution in [0.25, 0.3) is 10.9 Å². The molecule has 0 spiro atoms. The van der Waals surface area contributed by atoms with E-state index >= 15 is 0 Å². The Balaban J connectivity index is 1.47. The van der Waals surface area contributed by atoms with Crippen molar-refractivity contribution < 1.29 is 19.1 Å². The van der Waals surface area contributed by atoms with Crippen LogP contribution in [0.5, 0.6) is 11.5 Å². The molecule has 2 atom stereocenters. The van der Waals surface area contributed by atoms with E-state index in [-0.39, 0.29) is 11.9 Å². The molecule has 0 saturated carbocycles. The SMILES string of the molecule is COc1ccc(C2c3[nH]c4ccc(Br)cc4c3CC3C(=O)N(c4ccc(OC(C)=O)cc4)C(=S)N32)cc1. The minimum atomic E-state index is -0.460. The maximum atomic E-state index is 13.9. The number of hydrogen-bond acceptors (Lipinski definition) is 5. The summed E-state index contributed by atoms with van der Waals surface area (Å²) in [5, 5.41) is 1.52. The Hall–Kier alpha value is -3.69. The molecule has 0 bridgehead atoms. The van der Waals surface area contributed by atoms with Crippen molar-refractivity contribution in [3.63, 3.8) is 0 Å². The fourth-order valence-electron chi connectivity index (χ4n) is 5.29. The van der Waals surface area contributed by atoms with Crippen LogP contribution < -0.4 is 14.4 Å². The normalized spacial score (nSPS) is 18.7. The summed E-state index contributed by atoms with van der Waals surface area (Å²) >= 11 is 9.55. The monoisotopic (exact) mass is 575 g/mol. The molecule has 1 fully saturated rings. The summed E-state index contributed by atoms with van der Waals surface area (Å²) in [6.45, 7) is 1.35. The molecule has 3 heterocycles. The predicted molar refractivity (Wildman–Crippen MR) is 148 cm³/mol. The van der Waals surface area contributed by atoms with Crippen molar-refractivity contribution in [1.29, 1.82) is 0 Å². The van der Waals surface area contributed by atoms with Gasteiger partial charge < -0.3 is 19.4 Å². The number of anilines is 1. The Labute approximate surface area is 227 Å². The molecule has 1 N–H and O–H groups in total. The van der Waals surface area contributed by atoms with E-state index < -0.39 is 12.0 Å². The van der Waals surface area contributed by atoms with Crippen LogP contribution in [0.3, 0.4) is 0 Å². The van der Waals surface area contributed by atoms with Gasteiger partial charge >= 0.3 is 5.97 Å². The molecule has 1 amide bonds. The minimum absolute atomic E-state index is 0.0845. The highest BCUT2D eigenvalue weighted by Gasteiger charge is 2.51. The topological polar surface area (TPSA) is 74.9 Å². The number of rotatable bonds is 4. The molecule has 2 aliphatic rings. The number of nitrogens with zero attached hydrogens (tertiary/aromatic N) is 2. The Morgan fingerprint density at radius 1 is 1.05 bits per heavy atom. The number of nitrogens with one attached hydrogen (secondary N) is 1. The highest BCUT2D eigenvalue weighted by molar-refractivity contribution is 9.10. The van der Waals surface area contributed by atoms with E-state index in [2.05, 4.69) is 27.0 Å². The summed E-state index contributed by atoms with van der Waals surface area (Å²) in [7, 11) is 1.64. The Morgan fingerprint density at radius 2 is 1.76 bits per heavy atom. The summed E-state index contributed by atoms with van der Waals surface area (Å²) < 4.78 is 11.5. The van der Waals surface area contributed by atoms with Crippen molar-refractivity contribution in [2.75, 3.05) is 12.0 Å². The van der Waals surface area contributed by atoms with Crippen molar-refractivity contribution in [2.45, 2.75) is 25.4 Å². The lowest BCUT2D eigenvalue weighted by Gasteiger charge is -2.37. The van der Waals surface area contributed by atoms with Gasteiger partial charge in [0.15, 0.2) is 5.11 Å². The van der Waals surface area contributed by atoms with E-state index in [1.165, 1.54) is 6.92 Å². The van der Waals surface area contributed by atoms with E-state index in [1.807, 2.05) is 41.3 Å². The Morgan fingerprint density at radius 3 is 2.43 bits per heavy atom. The van der Waals surface area contributed by atoms with Gasteiger partial charge in [-0.3, -0.25) is 14.5 Å². The molecule has 6 rings (SSSR count). The molecule has 3 aromatic carbocycles. The van der Waals surface area contributed by atoms with E-state index in [0.29, 0.717) is 23.0 Å². The lowest BCUT2D eigenvalue weighted by atomic mass is 9.89. The van der Waals surface area contributed by atoms with Crippen molar-refractivity contribution in [1.82, 2.24) is 9.88 Å². The summed E-state index contributed by atoms with van der Waals surface area (Å²) in [6, 6.07) is 20.1. The van der Waals surface area contributed by atoms with Gasteiger partial charge in [-0.25, -0.2) is 0 Å². The first-order chi connectivity index (χ1) is 17.9. The van der Waals surface area contributed by atoms with Crippen molar-refractivity contribution in [3.8, 4) is 11.5 Å². The van der Waals surface area contributed by atoms with Gasteiger partial charge in [0, 0.05) is 34.4 Å². The highest BCUT2D eigenvalue weighted by Crippen LogP contribution is 2.45. The Bertz CT molecular complexity index is 1570. The number of hydrogen-bond donors (Lipinski definition) is 1. The molecule has 9 heteroatoms. The van der Waals surface area contributed by atoms with Crippen LogP contribution in [0.2, 0.25) is 0 Å². The third-order valence-corrected chi connectivity index (χ3v) is 7.78. The van der Waals surface area contributed by atoms with Crippen LogP contribution in [0.4, 0.5) is 5.69 Å². The third-order valence-electron chi connectivity index (χ3n) is 6.89. The molecule has 2 unspecified atom stereocenters. The summed E-state index contributed by atoms with van der Waals surface area (Å²) in [4.78, 5) is 32.4. The van der Waals surface area contributed by atoms with Gasteiger partial charge in [-0.05, 0) is 77.9 Å². The summed E-state index contributed by atoms with van der Waals surface area (Å²) in [5.74, 6) is 0.680. The number of esters is 1. The molecule has 0 aliphatic carbocycles. The maximum absolute atomic E-state index is 13.9. The van der Waals surface area contributed by atoms with Crippen LogP contribution >= 0.6 is 28.1 Å². The number of carbonyl (C=O) groups excluding carboxylic acids is 2. The van der Waals surface area contributed by atoms with E-state index in [9.17, 15) is 9.59 Å². The molecule has 2 aliphatic heterocycles. The number of aromatic nitrogens is 1. The quantitative estimate of drug-likeness (QED) is 0.196. The first kappa shape index (κ1) is 23.7. The molecule has 1 saturated heterocycles. The maximum Gasteiger partial charge on any atom is 0.308 e. The number of thiocarbonyl (C=S) groups is 1. The molecule has 7 nitrogen and oxygen atoms in total. The number of benzene rings is 3. The highest BCUT2D eigenvalue weighted by atomic mass is 79.9. The zero-order valence-corrected chi connectivity index (χ0v) is 22.4. The second-order valence-corrected chi connectivity index (χ2v) is 10.3. The zero-order chi connectivity index (χ0) is 25.8. The summed E-state index contributed by atoms with van der Waals surface area (Å²) in [6.07, 6.45) is 0.527. The fraction of sp³-hybridized carbons (Fsp3) is 0.179. The molecule has 186 valence electrons. The predicted octanol–water partition coefficient (Wildman–Crippen LogP) is 5.51.